The molecule has 1 unspecified atom stereocenters. The van der Waals surface area contributed by atoms with E-state index in [9.17, 15) is 0 Å². The van der Waals surface area contributed by atoms with Crippen LogP contribution in [-0.4, -0.2) is 40.7 Å². The highest BCUT2D eigenvalue weighted by molar-refractivity contribution is 5.44. The van der Waals surface area contributed by atoms with Crippen LogP contribution in [0.2, 0.25) is 0 Å². The molecule has 6 nitrogen and oxygen atoms in total. The summed E-state index contributed by atoms with van der Waals surface area (Å²) in [5, 5.41) is 4.38. The number of hydrogen-bond donors (Lipinski definition) is 0. The van der Waals surface area contributed by atoms with E-state index in [4.69, 9.17) is 14.2 Å². The molecule has 3 heterocycles. The van der Waals surface area contributed by atoms with Crippen LogP contribution in [0.4, 0.5) is 0 Å². The van der Waals surface area contributed by atoms with Crippen LogP contribution in [0.25, 0.3) is 6.20 Å². The summed E-state index contributed by atoms with van der Waals surface area (Å²) < 4.78 is 18.6. The van der Waals surface area contributed by atoms with Crippen molar-refractivity contribution in [2.45, 2.75) is 39.0 Å². The zero-order valence-electron chi connectivity index (χ0n) is 15.2. The van der Waals surface area contributed by atoms with E-state index < -0.39 is 0 Å². The van der Waals surface area contributed by atoms with Gasteiger partial charge in [0, 0.05) is 43.7 Å². The standard InChI is InChI=1S/C20H25N3O3/c1-3-23-15(2)17(10-21-23)12-22(13-18-5-4-8-24-18)11-16-6-7-19-20(9-16)26-14-25-19/h3,6-7,9-10,18H,1,4-5,8,11-14H2,2H3. The third kappa shape index (κ3) is 3.61. The Morgan fingerprint density at radius 3 is 2.96 bits per heavy atom. The van der Waals surface area contributed by atoms with Crippen LogP contribution in [-0.2, 0) is 17.8 Å². The molecule has 1 atom stereocenters. The minimum atomic E-state index is 0.304. The van der Waals surface area contributed by atoms with Crippen LogP contribution in [0.5, 0.6) is 11.5 Å². The second kappa shape index (κ2) is 7.51. The van der Waals surface area contributed by atoms with Gasteiger partial charge in [-0.05, 0) is 37.5 Å². The Morgan fingerprint density at radius 2 is 2.19 bits per heavy atom. The second-order valence-corrected chi connectivity index (χ2v) is 6.87. The van der Waals surface area contributed by atoms with Gasteiger partial charge in [0.1, 0.15) is 0 Å². The molecule has 0 N–H and O–H groups in total. The van der Waals surface area contributed by atoms with Crippen LogP contribution in [0.1, 0.15) is 29.7 Å². The number of rotatable bonds is 7. The predicted octanol–water partition coefficient (Wildman–Crippen LogP) is 3.20. The molecule has 1 aromatic heterocycles. The molecule has 1 aromatic carbocycles. The van der Waals surface area contributed by atoms with Gasteiger partial charge in [-0.15, -0.1) is 0 Å². The molecule has 2 aliphatic heterocycles. The van der Waals surface area contributed by atoms with E-state index in [0.717, 1.165) is 56.3 Å². The fourth-order valence-electron chi connectivity index (χ4n) is 3.60. The van der Waals surface area contributed by atoms with E-state index in [-0.39, 0.29) is 0 Å². The van der Waals surface area contributed by atoms with Crippen molar-refractivity contribution in [2.75, 3.05) is 19.9 Å². The molecule has 2 aromatic rings. The highest BCUT2D eigenvalue weighted by atomic mass is 16.7. The van der Waals surface area contributed by atoms with Gasteiger partial charge in [-0.3, -0.25) is 4.90 Å². The number of benzene rings is 1. The maximum Gasteiger partial charge on any atom is 0.231 e. The van der Waals surface area contributed by atoms with Gasteiger partial charge in [0.2, 0.25) is 6.79 Å². The monoisotopic (exact) mass is 355 g/mol. The zero-order chi connectivity index (χ0) is 17.9. The fourth-order valence-corrected chi connectivity index (χ4v) is 3.60. The Morgan fingerprint density at radius 1 is 1.31 bits per heavy atom. The average molecular weight is 355 g/mol. The number of hydrogen-bond acceptors (Lipinski definition) is 5. The molecular formula is C20H25N3O3. The summed E-state index contributed by atoms with van der Waals surface area (Å²) in [6.45, 7) is 9.63. The quantitative estimate of drug-likeness (QED) is 0.763. The summed E-state index contributed by atoms with van der Waals surface area (Å²) in [4.78, 5) is 2.42. The number of ether oxygens (including phenoxy) is 3. The molecule has 138 valence electrons. The van der Waals surface area contributed by atoms with Crippen LogP contribution >= 0.6 is 0 Å². The highest BCUT2D eigenvalue weighted by Crippen LogP contribution is 2.33. The van der Waals surface area contributed by atoms with Crippen molar-refractivity contribution < 1.29 is 14.2 Å². The largest absolute Gasteiger partial charge is 0.454 e. The van der Waals surface area contributed by atoms with E-state index in [2.05, 4.69) is 35.6 Å². The zero-order valence-corrected chi connectivity index (χ0v) is 15.2. The Bertz CT molecular complexity index is 781. The van der Waals surface area contributed by atoms with Gasteiger partial charge in [0.05, 0.1) is 12.3 Å². The molecular weight excluding hydrogens is 330 g/mol. The molecule has 0 aliphatic carbocycles. The third-order valence-corrected chi connectivity index (χ3v) is 5.04. The molecule has 0 saturated carbocycles. The molecule has 0 amide bonds. The minimum Gasteiger partial charge on any atom is -0.454 e. The maximum atomic E-state index is 5.87. The minimum absolute atomic E-state index is 0.304. The first-order chi connectivity index (χ1) is 12.7. The van der Waals surface area contributed by atoms with Crippen LogP contribution in [0.15, 0.2) is 31.0 Å². The van der Waals surface area contributed by atoms with Crippen LogP contribution < -0.4 is 9.47 Å². The molecule has 2 aliphatic rings. The van der Waals surface area contributed by atoms with Gasteiger partial charge in [-0.1, -0.05) is 12.6 Å². The van der Waals surface area contributed by atoms with Crippen molar-refractivity contribution in [3.05, 3.63) is 47.8 Å². The van der Waals surface area contributed by atoms with Crippen LogP contribution in [0.3, 0.4) is 0 Å². The summed E-state index contributed by atoms with van der Waals surface area (Å²) in [7, 11) is 0. The highest BCUT2D eigenvalue weighted by Gasteiger charge is 2.22. The van der Waals surface area contributed by atoms with Crippen molar-refractivity contribution in [3.8, 4) is 11.5 Å². The molecule has 0 radical (unpaired) electrons. The number of aromatic nitrogens is 2. The first-order valence-electron chi connectivity index (χ1n) is 9.11. The van der Waals surface area contributed by atoms with E-state index in [1.807, 2.05) is 16.9 Å². The van der Waals surface area contributed by atoms with Crippen molar-refractivity contribution >= 4 is 6.20 Å². The van der Waals surface area contributed by atoms with E-state index in [0.29, 0.717) is 12.9 Å². The molecule has 0 bridgehead atoms. The van der Waals surface area contributed by atoms with Gasteiger partial charge >= 0.3 is 0 Å². The Hall–Kier alpha value is -2.31. The Balaban J connectivity index is 1.51. The van der Waals surface area contributed by atoms with Gasteiger partial charge in [-0.25, -0.2) is 4.68 Å². The summed E-state index contributed by atoms with van der Waals surface area (Å²) in [5.74, 6) is 1.65. The molecule has 1 saturated heterocycles. The van der Waals surface area contributed by atoms with Crippen molar-refractivity contribution in [1.29, 1.82) is 0 Å². The number of fused-ring (bicyclic) bond motifs is 1. The van der Waals surface area contributed by atoms with E-state index >= 15 is 0 Å². The summed E-state index contributed by atoms with van der Waals surface area (Å²) >= 11 is 0. The lowest BCUT2D eigenvalue weighted by atomic mass is 10.1. The lowest BCUT2D eigenvalue weighted by Crippen LogP contribution is -2.31. The van der Waals surface area contributed by atoms with Gasteiger partial charge < -0.3 is 14.2 Å². The maximum absolute atomic E-state index is 5.87. The lowest BCUT2D eigenvalue weighted by molar-refractivity contribution is 0.0678. The molecule has 0 spiro atoms. The summed E-state index contributed by atoms with van der Waals surface area (Å²) in [5.41, 5.74) is 3.55. The predicted molar refractivity (Wildman–Crippen MR) is 99.0 cm³/mol. The van der Waals surface area contributed by atoms with Crippen LogP contribution in [0, 0.1) is 6.92 Å². The molecule has 26 heavy (non-hydrogen) atoms. The first-order valence-corrected chi connectivity index (χ1v) is 9.11. The van der Waals surface area contributed by atoms with E-state index in [1.165, 1.54) is 11.1 Å². The van der Waals surface area contributed by atoms with Crippen molar-refractivity contribution in [2.24, 2.45) is 0 Å². The molecule has 4 rings (SSSR count). The van der Waals surface area contributed by atoms with Gasteiger partial charge in [-0.2, -0.15) is 5.10 Å². The van der Waals surface area contributed by atoms with Crippen molar-refractivity contribution in [3.63, 3.8) is 0 Å². The fraction of sp³-hybridized carbons (Fsp3) is 0.450. The van der Waals surface area contributed by atoms with Gasteiger partial charge in [0.25, 0.3) is 0 Å². The smallest absolute Gasteiger partial charge is 0.231 e. The third-order valence-electron chi connectivity index (χ3n) is 5.04. The Labute approximate surface area is 154 Å². The topological polar surface area (TPSA) is 48.8 Å². The molecule has 6 heteroatoms. The average Bonchev–Trinajstić information content (AvgIpc) is 3.37. The number of nitrogens with zero attached hydrogens (tertiary/aromatic N) is 3. The normalized spacial score (nSPS) is 18.6. The summed E-state index contributed by atoms with van der Waals surface area (Å²) in [6.07, 6.45) is 6.25. The molecule has 1 fully saturated rings. The SMILES string of the molecule is C=Cn1ncc(CN(Cc2ccc3c(c2)OCO3)CC2CCCO2)c1C. The lowest BCUT2D eigenvalue weighted by Gasteiger charge is -2.25. The van der Waals surface area contributed by atoms with Gasteiger partial charge in [0.15, 0.2) is 11.5 Å². The Kier molecular flexibility index (Phi) is 4.95. The summed E-state index contributed by atoms with van der Waals surface area (Å²) in [6, 6.07) is 6.17. The van der Waals surface area contributed by atoms with E-state index in [1.54, 1.807) is 6.20 Å². The first kappa shape index (κ1) is 17.1. The van der Waals surface area contributed by atoms with Crippen molar-refractivity contribution in [1.82, 2.24) is 14.7 Å². The second-order valence-electron chi connectivity index (χ2n) is 6.87.